The molecular weight excluding hydrogens is 242 g/mol. The van der Waals surface area contributed by atoms with Gasteiger partial charge in [0.1, 0.15) is 5.75 Å². The van der Waals surface area contributed by atoms with Crippen LogP contribution in [0.1, 0.15) is 12.0 Å². The van der Waals surface area contributed by atoms with E-state index >= 15 is 0 Å². The number of nitrogens with two attached hydrogens (primary N) is 1. The van der Waals surface area contributed by atoms with Gasteiger partial charge in [0.25, 0.3) is 0 Å². The molecule has 5 heteroatoms. The smallest absolute Gasteiger partial charge is 0.239 e. The molecule has 0 aromatic heterocycles. The molecule has 1 saturated heterocycles. The second-order valence-electron chi connectivity index (χ2n) is 4.91. The first-order valence-corrected chi connectivity index (χ1v) is 6.70. The fraction of sp³-hybridized carbons (Fsp3) is 0.500. The minimum atomic E-state index is -0.511. The van der Waals surface area contributed by atoms with E-state index in [0.717, 1.165) is 38.2 Å². The summed E-state index contributed by atoms with van der Waals surface area (Å²) >= 11 is 0. The van der Waals surface area contributed by atoms with Gasteiger partial charge in [-0.05, 0) is 37.1 Å². The number of hydrogen-bond donors (Lipinski definition) is 3. The Morgan fingerprint density at radius 3 is 2.79 bits per heavy atom. The standard InChI is InChI=1S/C14H21N3O2/c15-13(10-11-2-4-12(18)5-3-11)14(19)17-8-1-6-16-7-9-17/h2-5,13,16,18H,1,6-10,15H2/t13-/m0/s1. The molecule has 19 heavy (non-hydrogen) atoms. The molecule has 2 rings (SSSR count). The highest BCUT2D eigenvalue weighted by Gasteiger charge is 2.21. The van der Waals surface area contributed by atoms with Crippen LogP contribution in [0.5, 0.6) is 5.75 Å². The number of phenolic OH excluding ortho intramolecular Hbond substituents is 1. The van der Waals surface area contributed by atoms with Crippen molar-refractivity contribution in [2.45, 2.75) is 18.9 Å². The highest BCUT2D eigenvalue weighted by atomic mass is 16.3. The maximum atomic E-state index is 12.2. The molecule has 5 nitrogen and oxygen atoms in total. The Morgan fingerprint density at radius 2 is 2.05 bits per heavy atom. The van der Waals surface area contributed by atoms with Crippen LogP contribution in [0.25, 0.3) is 0 Å². The van der Waals surface area contributed by atoms with Gasteiger partial charge in [-0.2, -0.15) is 0 Å². The summed E-state index contributed by atoms with van der Waals surface area (Å²) in [6.07, 6.45) is 1.47. The van der Waals surface area contributed by atoms with E-state index in [1.165, 1.54) is 0 Å². The second kappa shape index (κ2) is 6.54. The van der Waals surface area contributed by atoms with Gasteiger partial charge in [0, 0.05) is 19.6 Å². The number of amides is 1. The van der Waals surface area contributed by atoms with Gasteiger partial charge < -0.3 is 21.1 Å². The first kappa shape index (κ1) is 13.8. The molecule has 0 radical (unpaired) electrons. The molecule has 0 spiro atoms. The summed E-state index contributed by atoms with van der Waals surface area (Å²) in [5.74, 6) is 0.235. The molecule has 1 aliphatic rings. The maximum Gasteiger partial charge on any atom is 0.239 e. The summed E-state index contributed by atoms with van der Waals surface area (Å²) in [4.78, 5) is 14.1. The molecule has 0 saturated carbocycles. The van der Waals surface area contributed by atoms with Crippen LogP contribution in [-0.4, -0.2) is 48.1 Å². The van der Waals surface area contributed by atoms with E-state index in [1.54, 1.807) is 24.3 Å². The van der Waals surface area contributed by atoms with Gasteiger partial charge in [0.15, 0.2) is 0 Å². The number of nitrogens with one attached hydrogen (secondary N) is 1. The number of carbonyl (C=O) groups is 1. The van der Waals surface area contributed by atoms with Crippen LogP contribution in [0.3, 0.4) is 0 Å². The van der Waals surface area contributed by atoms with Gasteiger partial charge in [-0.3, -0.25) is 4.79 Å². The molecule has 1 aromatic rings. The zero-order valence-electron chi connectivity index (χ0n) is 11.0. The summed E-state index contributed by atoms with van der Waals surface area (Å²) in [6.45, 7) is 3.28. The van der Waals surface area contributed by atoms with Gasteiger partial charge in [-0.25, -0.2) is 0 Å². The lowest BCUT2D eigenvalue weighted by atomic mass is 10.1. The Balaban J connectivity index is 1.92. The number of phenols is 1. The maximum absolute atomic E-state index is 12.2. The zero-order valence-corrected chi connectivity index (χ0v) is 11.0. The predicted molar refractivity (Wildman–Crippen MR) is 73.9 cm³/mol. The van der Waals surface area contributed by atoms with Crippen molar-refractivity contribution in [3.8, 4) is 5.75 Å². The van der Waals surface area contributed by atoms with Crippen molar-refractivity contribution in [2.24, 2.45) is 5.73 Å². The van der Waals surface area contributed by atoms with Crippen LogP contribution in [0.4, 0.5) is 0 Å². The van der Waals surface area contributed by atoms with Crippen molar-refractivity contribution in [3.05, 3.63) is 29.8 Å². The van der Waals surface area contributed by atoms with Crippen molar-refractivity contribution < 1.29 is 9.90 Å². The van der Waals surface area contributed by atoms with E-state index in [4.69, 9.17) is 5.73 Å². The van der Waals surface area contributed by atoms with E-state index in [-0.39, 0.29) is 11.7 Å². The van der Waals surface area contributed by atoms with Crippen LogP contribution >= 0.6 is 0 Å². The largest absolute Gasteiger partial charge is 0.508 e. The molecule has 0 aliphatic carbocycles. The lowest BCUT2D eigenvalue weighted by Gasteiger charge is -2.23. The molecule has 0 unspecified atom stereocenters. The van der Waals surface area contributed by atoms with Crippen molar-refractivity contribution in [3.63, 3.8) is 0 Å². The molecule has 1 amide bonds. The molecule has 1 fully saturated rings. The van der Waals surface area contributed by atoms with Gasteiger partial charge in [0.05, 0.1) is 6.04 Å². The van der Waals surface area contributed by atoms with Crippen LogP contribution in [0, 0.1) is 0 Å². The van der Waals surface area contributed by atoms with Crippen molar-refractivity contribution >= 4 is 5.91 Å². The van der Waals surface area contributed by atoms with Crippen molar-refractivity contribution in [1.82, 2.24) is 10.2 Å². The van der Waals surface area contributed by atoms with E-state index in [1.807, 2.05) is 4.90 Å². The monoisotopic (exact) mass is 263 g/mol. The first-order valence-electron chi connectivity index (χ1n) is 6.70. The molecule has 1 heterocycles. The van der Waals surface area contributed by atoms with Gasteiger partial charge in [-0.15, -0.1) is 0 Å². The minimum absolute atomic E-state index is 0.0109. The normalized spacial score (nSPS) is 17.8. The fourth-order valence-corrected chi connectivity index (χ4v) is 2.27. The number of aromatic hydroxyl groups is 1. The van der Waals surface area contributed by atoms with Crippen LogP contribution < -0.4 is 11.1 Å². The van der Waals surface area contributed by atoms with Crippen LogP contribution in [0.15, 0.2) is 24.3 Å². The second-order valence-corrected chi connectivity index (χ2v) is 4.91. The lowest BCUT2D eigenvalue weighted by Crippen LogP contribution is -2.46. The molecular formula is C14H21N3O2. The average molecular weight is 263 g/mol. The van der Waals surface area contributed by atoms with E-state index < -0.39 is 6.04 Å². The average Bonchev–Trinajstić information content (AvgIpc) is 2.69. The summed E-state index contributed by atoms with van der Waals surface area (Å²) < 4.78 is 0. The molecule has 1 atom stereocenters. The van der Waals surface area contributed by atoms with E-state index in [9.17, 15) is 9.90 Å². The SMILES string of the molecule is N[C@@H](Cc1ccc(O)cc1)C(=O)N1CCCNCC1. The van der Waals surface area contributed by atoms with Gasteiger partial charge in [0.2, 0.25) is 5.91 Å². The van der Waals surface area contributed by atoms with Gasteiger partial charge in [-0.1, -0.05) is 12.1 Å². The molecule has 4 N–H and O–H groups in total. The fourth-order valence-electron chi connectivity index (χ4n) is 2.27. The highest BCUT2D eigenvalue weighted by Crippen LogP contribution is 2.11. The number of rotatable bonds is 3. The Bertz CT molecular complexity index is 411. The predicted octanol–water partition coefficient (Wildman–Crippen LogP) is 0.0839. The summed E-state index contributed by atoms with van der Waals surface area (Å²) in [7, 11) is 0. The van der Waals surface area contributed by atoms with E-state index in [0.29, 0.717) is 6.42 Å². The third-order valence-electron chi connectivity index (χ3n) is 3.36. The molecule has 104 valence electrons. The molecule has 0 bridgehead atoms. The third-order valence-corrected chi connectivity index (χ3v) is 3.36. The Labute approximate surface area is 113 Å². The topological polar surface area (TPSA) is 78.6 Å². The summed E-state index contributed by atoms with van der Waals surface area (Å²) in [6, 6.07) is 6.31. The summed E-state index contributed by atoms with van der Waals surface area (Å²) in [5, 5.41) is 12.5. The quantitative estimate of drug-likeness (QED) is 0.722. The minimum Gasteiger partial charge on any atom is -0.508 e. The molecule has 1 aromatic carbocycles. The van der Waals surface area contributed by atoms with Gasteiger partial charge >= 0.3 is 0 Å². The number of nitrogens with zero attached hydrogens (tertiary/aromatic N) is 1. The Kier molecular flexibility index (Phi) is 4.76. The number of hydrogen-bond acceptors (Lipinski definition) is 4. The summed E-state index contributed by atoms with van der Waals surface area (Å²) in [5.41, 5.74) is 6.96. The third kappa shape index (κ3) is 3.94. The first-order chi connectivity index (χ1) is 9.16. The zero-order chi connectivity index (χ0) is 13.7. The van der Waals surface area contributed by atoms with Crippen LogP contribution in [-0.2, 0) is 11.2 Å². The highest BCUT2D eigenvalue weighted by molar-refractivity contribution is 5.82. The molecule has 1 aliphatic heterocycles. The number of benzene rings is 1. The number of carbonyl (C=O) groups excluding carboxylic acids is 1. The van der Waals surface area contributed by atoms with E-state index in [2.05, 4.69) is 5.32 Å². The van der Waals surface area contributed by atoms with Crippen molar-refractivity contribution in [2.75, 3.05) is 26.2 Å². The Morgan fingerprint density at radius 1 is 1.32 bits per heavy atom. The van der Waals surface area contributed by atoms with Crippen LogP contribution in [0.2, 0.25) is 0 Å². The van der Waals surface area contributed by atoms with Crippen molar-refractivity contribution in [1.29, 1.82) is 0 Å². The Hall–Kier alpha value is -1.59. The lowest BCUT2D eigenvalue weighted by molar-refractivity contribution is -0.132.